The first-order valence-corrected chi connectivity index (χ1v) is 10.9. The minimum absolute atomic E-state index is 0.0432. The number of nitrogens with one attached hydrogen (secondary N) is 3. The summed E-state index contributed by atoms with van der Waals surface area (Å²) in [6.07, 6.45) is -2.25. The van der Waals surface area contributed by atoms with Crippen LogP contribution in [0.4, 0.5) is 41.2 Å². The number of aromatic nitrogens is 3. The number of anilines is 4. The zero-order chi connectivity index (χ0) is 24.4. The van der Waals surface area contributed by atoms with Gasteiger partial charge in [-0.1, -0.05) is 24.3 Å². The predicted octanol–water partition coefficient (Wildman–Crippen LogP) is 2.57. The molecule has 2 fully saturated rings. The van der Waals surface area contributed by atoms with E-state index in [4.69, 9.17) is 10.7 Å². The van der Waals surface area contributed by atoms with Gasteiger partial charge in [-0.05, 0) is 30.2 Å². The molecule has 0 unspecified atom stereocenters. The number of hydrogen-bond donors (Lipinski definition) is 4. The van der Waals surface area contributed by atoms with Gasteiger partial charge in [0.25, 0.3) is 0 Å². The van der Waals surface area contributed by atoms with Gasteiger partial charge in [-0.25, -0.2) is 25.6 Å². The summed E-state index contributed by atoms with van der Waals surface area (Å²) in [5, 5.41) is 2.76. The molecule has 0 radical (unpaired) electrons. The van der Waals surface area contributed by atoms with Crippen molar-refractivity contribution in [2.75, 3.05) is 33.9 Å². The number of fused-ring (bicyclic) bond motifs is 4. The van der Waals surface area contributed by atoms with Crippen molar-refractivity contribution in [1.29, 1.82) is 0 Å². The molecule has 3 aliphatic heterocycles. The molecule has 5 heterocycles. The van der Waals surface area contributed by atoms with Crippen LogP contribution in [-0.2, 0) is 5.66 Å². The monoisotopic (exact) mass is 483 g/mol. The molecule has 3 aliphatic rings. The van der Waals surface area contributed by atoms with Gasteiger partial charge < -0.3 is 10.6 Å². The summed E-state index contributed by atoms with van der Waals surface area (Å²) in [4.78, 5) is 29.7. The van der Waals surface area contributed by atoms with E-state index in [0.29, 0.717) is 23.6 Å². The van der Waals surface area contributed by atoms with Gasteiger partial charge in [0.05, 0.1) is 17.4 Å². The highest BCUT2D eigenvalue weighted by Crippen LogP contribution is 2.43. The number of pyridine rings is 1. The molecule has 2 aromatic heterocycles. The molecule has 13 heteroatoms. The van der Waals surface area contributed by atoms with Gasteiger partial charge in [0.1, 0.15) is 5.82 Å². The van der Waals surface area contributed by atoms with Gasteiger partial charge >= 0.3 is 12.2 Å². The number of hydrogen-bond acceptors (Lipinski definition) is 8. The fourth-order valence-corrected chi connectivity index (χ4v) is 4.65. The van der Waals surface area contributed by atoms with Crippen molar-refractivity contribution in [3.8, 4) is 11.3 Å². The fraction of sp³-hybridized carbons (Fsp3) is 0.273. The molecule has 0 aliphatic carbocycles. The van der Waals surface area contributed by atoms with E-state index in [9.17, 15) is 18.0 Å². The lowest BCUT2D eigenvalue weighted by Gasteiger charge is -2.35. The number of halogens is 3. The van der Waals surface area contributed by atoms with E-state index in [1.807, 2.05) is 6.07 Å². The molecule has 1 atom stereocenters. The van der Waals surface area contributed by atoms with Crippen molar-refractivity contribution in [2.24, 2.45) is 0 Å². The number of urea groups is 1. The second-order valence-corrected chi connectivity index (χ2v) is 8.60. The Kier molecular flexibility index (Phi) is 4.63. The molecule has 2 saturated heterocycles. The smallest absolute Gasteiger partial charge is 0.368 e. The van der Waals surface area contributed by atoms with E-state index < -0.39 is 17.9 Å². The highest BCUT2D eigenvalue weighted by molar-refractivity contribution is 6.04. The second kappa shape index (κ2) is 7.52. The number of amides is 2. The number of carbonyl (C=O) groups is 1. The summed E-state index contributed by atoms with van der Waals surface area (Å²) in [6, 6.07) is 10.8. The van der Waals surface area contributed by atoms with E-state index in [1.165, 1.54) is 18.3 Å². The number of nitrogen functional groups attached to an aromatic ring is 1. The van der Waals surface area contributed by atoms with Crippen LogP contribution in [0.5, 0.6) is 0 Å². The molecule has 0 spiro atoms. The summed E-state index contributed by atoms with van der Waals surface area (Å²) in [5.74, 6) is 0.802. The minimum Gasteiger partial charge on any atom is -0.368 e. The van der Waals surface area contributed by atoms with E-state index in [2.05, 4.69) is 31.0 Å². The number of hydrazine groups is 1. The van der Waals surface area contributed by atoms with Crippen molar-refractivity contribution in [3.05, 3.63) is 54.2 Å². The van der Waals surface area contributed by atoms with Crippen LogP contribution in [0.15, 0.2) is 48.7 Å². The lowest BCUT2D eigenvalue weighted by molar-refractivity contribution is -0.165. The van der Waals surface area contributed by atoms with Gasteiger partial charge in [0, 0.05) is 24.8 Å². The lowest BCUT2D eigenvalue weighted by atomic mass is 10.0. The summed E-state index contributed by atoms with van der Waals surface area (Å²) < 4.78 is 40.1. The molecule has 180 valence electrons. The van der Waals surface area contributed by atoms with Crippen LogP contribution < -0.4 is 31.7 Å². The molecular weight excluding hydrogens is 463 g/mol. The van der Waals surface area contributed by atoms with Gasteiger partial charge in [0.15, 0.2) is 5.82 Å². The Morgan fingerprint density at radius 2 is 1.89 bits per heavy atom. The molecule has 35 heavy (non-hydrogen) atoms. The van der Waals surface area contributed by atoms with Crippen LogP contribution in [0.1, 0.15) is 12.0 Å². The topological polar surface area (TPSA) is 144 Å². The predicted molar refractivity (Wildman–Crippen MR) is 122 cm³/mol. The third-order valence-corrected chi connectivity index (χ3v) is 6.49. The molecule has 6 rings (SSSR count). The van der Waals surface area contributed by atoms with E-state index in [1.54, 1.807) is 29.2 Å². The third-order valence-electron chi connectivity index (χ3n) is 6.49. The fourth-order valence-electron chi connectivity index (χ4n) is 4.65. The maximum absolute atomic E-state index is 13.4. The van der Waals surface area contributed by atoms with Crippen molar-refractivity contribution in [3.63, 3.8) is 0 Å². The van der Waals surface area contributed by atoms with Gasteiger partial charge in [-0.15, -0.1) is 0 Å². The Labute approximate surface area is 197 Å². The number of rotatable bonds is 3. The number of carbonyl (C=O) groups excluding carboxylic acids is 1. The highest BCUT2D eigenvalue weighted by atomic mass is 19.4. The average Bonchev–Trinajstić information content (AvgIpc) is 3.56. The normalized spacial score (nSPS) is 19.9. The van der Waals surface area contributed by atoms with E-state index in [0.717, 1.165) is 18.7 Å². The van der Waals surface area contributed by atoms with E-state index in [-0.39, 0.29) is 23.4 Å². The maximum atomic E-state index is 13.4. The number of benzene rings is 1. The van der Waals surface area contributed by atoms with Gasteiger partial charge in [0.2, 0.25) is 11.6 Å². The van der Waals surface area contributed by atoms with Crippen LogP contribution in [0.3, 0.4) is 0 Å². The van der Waals surface area contributed by atoms with Crippen LogP contribution in [-0.4, -0.2) is 46.3 Å². The van der Waals surface area contributed by atoms with Crippen molar-refractivity contribution < 1.29 is 18.0 Å². The standard InChI is InChI=1S/C22H20F3N9O/c23-22(24,25)21(31-32-21)13-3-1-12(2-4-13)15-5-6-16-18(28-15)34(14-8-10-33(16)11-14)20(35)30-17-7-9-27-19(26)29-17/h1-7,9,14,31-32H,8,10-11H2,(H3,26,27,29,30,35)/t14-/m0/s1. The Morgan fingerprint density at radius 3 is 2.57 bits per heavy atom. The molecular formula is C22H20F3N9O. The quantitative estimate of drug-likeness (QED) is 0.416. The number of nitrogens with zero attached hydrogens (tertiary/aromatic N) is 5. The first-order valence-electron chi connectivity index (χ1n) is 10.9. The zero-order valence-electron chi connectivity index (χ0n) is 18.2. The molecule has 0 saturated carbocycles. The Balaban J connectivity index is 1.32. The summed E-state index contributed by atoms with van der Waals surface area (Å²) in [5.41, 5.74) is 9.84. The molecule has 10 nitrogen and oxygen atoms in total. The van der Waals surface area contributed by atoms with Crippen LogP contribution in [0, 0.1) is 0 Å². The first-order chi connectivity index (χ1) is 16.7. The van der Waals surface area contributed by atoms with Crippen LogP contribution in [0.2, 0.25) is 0 Å². The van der Waals surface area contributed by atoms with Crippen molar-refractivity contribution in [2.45, 2.75) is 24.3 Å². The van der Waals surface area contributed by atoms with Crippen molar-refractivity contribution in [1.82, 2.24) is 25.8 Å². The largest absolute Gasteiger partial charge is 0.426 e. The van der Waals surface area contributed by atoms with Crippen LogP contribution in [0.25, 0.3) is 11.3 Å². The van der Waals surface area contributed by atoms with Crippen molar-refractivity contribution >= 4 is 29.3 Å². The molecule has 2 bridgehead atoms. The average molecular weight is 483 g/mol. The summed E-state index contributed by atoms with van der Waals surface area (Å²) in [6.45, 7) is 1.47. The lowest BCUT2D eigenvalue weighted by Crippen LogP contribution is -2.48. The van der Waals surface area contributed by atoms with Gasteiger partial charge in [-0.3, -0.25) is 10.2 Å². The van der Waals surface area contributed by atoms with E-state index >= 15 is 0 Å². The van der Waals surface area contributed by atoms with Crippen LogP contribution >= 0.6 is 0 Å². The Hall–Kier alpha value is -3.97. The number of alkyl halides is 3. The maximum Gasteiger partial charge on any atom is 0.426 e. The summed E-state index contributed by atoms with van der Waals surface area (Å²) >= 11 is 0. The minimum atomic E-state index is -4.48. The van der Waals surface area contributed by atoms with Gasteiger partial charge in [-0.2, -0.15) is 18.2 Å². The Morgan fingerprint density at radius 1 is 1.11 bits per heavy atom. The third kappa shape index (κ3) is 3.51. The second-order valence-electron chi connectivity index (χ2n) is 8.60. The first kappa shape index (κ1) is 21.6. The molecule has 1 aromatic carbocycles. The SMILES string of the molecule is Nc1nccc(NC(=O)N2c3nc(-c4ccc(C5(C(F)(F)F)NN5)cc4)ccc3N3CC[C@H]2C3)n1. The Bertz CT molecular complexity index is 1310. The highest BCUT2D eigenvalue weighted by Gasteiger charge is 2.65. The molecule has 3 aromatic rings. The number of nitrogens with two attached hydrogens (primary N) is 1. The summed E-state index contributed by atoms with van der Waals surface area (Å²) in [7, 11) is 0. The zero-order valence-corrected chi connectivity index (χ0v) is 18.2. The molecule has 5 N–H and O–H groups in total. The molecule has 2 amide bonds.